The molecule has 0 saturated carbocycles. The van der Waals surface area contributed by atoms with E-state index in [0.717, 1.165) is 22.7 Å². The van der Waals surface area contributed by atoms with Gasteiger partial charge in [0.25, 0.3) is 0 Å². The molecule has 0 fully saturated rings. The highest BCUT2D eigenvalue weighted by Crippen LogP contribution is 2.42. The van der Waals surface area contributed by atoms with Crippen molar-refractivity contribution in [3.63, 3.8) is 0 Å². The average Bonchev–Trinajstić information content (AvgIpc) is 3.65. The van der Waals surface area contributed by atoms with E-state index in [9.17, 15) is 19.2 Å². The lowest BCUT2D eigenvalue weighted by Crippen LogP contribution is -2.13. The Labute approximate surface area is 272 Å². The van der Waals surface area contributed by atoms with Gasteiger partial charge in [-0.25, -0.2) is 8.78 Å². The largest absolute Gasteiger partial charge is 0.493 e. The molecule has 46 heavy (non-hydrogen) atoms. The van der Waals surface area contributed by atoms with Gasteiger partial charge < -0.3 is 24.1 Å². The van der Waals surface area contributed by atoms with Gasteiger partial charge in [0.1, 0.15) is 5.78 Å². The van der Waals surface area contributed by atoms with Crippen LogP contribution in [0.25, 0.3) is 20.2 Å². The van der Waals surface area contributed by atoms with Crippen LogP contribution in [-0.2, 0) is 9.59 Å². The smallest absolute Gasteiger partial charge is 0.306 e. The molecule has 4 rings (SSSR count). The molecule has 0 spiro atoms. The maximum atomic E-state index is 15.5. The van der Waals surface area contributed by atoms with Gasteiger partial charge in [0, 0.05) is 51.1 Å². The molecule has 9 nitrogen and oxygen atoms in total. The third kappa shape index (κ3) is 7.64. The number of carbonyl (C=O) groups is 4. The van der Waals surface area contributed by atoms with Gasteiger partial charge in [0.05, 0.1) is 43.1 Å². The van der Waals surface area contributed by atoms with E-state index >= 15 is 8.78 Å². The number of unbranched alkanes of at least 4 members (excludes halogenated alkanes) is 1. The van der Waals surface area contributed by atoms with E-state index in [2.05, 4.69) is 0 Å². The second-order valence-corrected chi connectivity index (χ2v) is 13.1. The number of hydrogen-bond donors (Lipinski definition) is 1. The number of rotatable bonds is 17. The van der Waals surface area contributed by atoms with Gasteiger partial charge in [0.15, 0.2) is 46.2 Å². The highest BCUT2D eigenvalue weighted by molar-refractivity contribution is 7.21. The SMILES string of the molecule is COc1cc2sc(C(=O)C[C@H](C)C(C)=O)cc2c(F)c1OCCCCOc1c(OC)cc2sc(C(=O)C[C@H](C)C(=O)O)cc2c1F. The Bertz CT molecular complexity index is 1660. The van der Waals surface area contributed by atoms with Crippen LogP contribution in [0.15, 0.2) is 24.3 Å². The number of methoxy groups -OCH3 is 2. The quantitative estimate of drug-likeness (QED) is 0.0883. The summed E-state index contributed by atoms with van der Waals surface area (Å²) in [6, 6.07) is 6.03. The number of fused-ring (bicyclic) bond motifs is 2. The lowest BCUT2D eigenvalue weighted by atomic mass is 10.00. The Kier molecular flexibility index (Phi) is 11.3. The summed E-state index contributed by atoms with van der Waals surface area (Å²) in [6.45, 7) is 4.72. The van der Waals surface area contributed by atoms with Gasteiger partial charge >= 0.3 is 5.97 Å². The zero-order chi connectivity index (χ0) is 33.7. The first-order valence-electron chi connectivity index (χ1n) is 14.5. The zero-order valence-corrected chi connectivity index (χ0v) is 27.6. The molecule has 0 radical (unpaired) electrons. The molecule has 2 atom stereocenters. The van der Waals surface area contributed by atoms with Gasteiger partial charge in [0.2, 0.25) is 0 Å². The van der Waals surface area contributed by atoms with E-state index in [1.165, 1.54) is 40.2 Å². The molecule has 0 amide bonds. The van der Waals surface area contributed by atoms with Gasteiger partial charge in [-0.15, -0.1) is 22.7 Å². The third-order valence-electron chi connectivity index (χ3n) is 7.48. The Morgan fingerprint density at radius 2 is 1.15 bits per heavy atom. The number of carboxylic acid groups (broad SMARTS) is 1. The number of Topliss-reactive ketones (excluding diaryl/α,β-unsaturated/α-hetero) is 3. The van der Waals surface area contributed by atoms with Crippen LogP contribution in [0.2, 0.25) is 0 Å². The summed E-state index contributed by atoms with van der Waals surface area (Å²) in [5, 5.41) is 9.48. The zero-order valence-electron chi connectivity index (χ0n) is 26.0. The number of carboxylic acids is 1. The molecular weight excluding hydrogens is 642 g/mol. The number of hydrogen-bond acceptors (Lipinski definition) is 10. The van der Waals surface area contributed by atoms with E-state index in [-0.39, 0.29) is 76.3 Å². The van der Waals surface area contributed by atoms with Crippen LogP contribution >= 0.6 is 22.7 Å². The third-order valence-corrected chi connectivity index (χ3v) is 9.73. The van der Waals surface area contributed by atoms with Crippen LogP contribution in [-0.4, -0.2) is 55.9 Å². The van der Waals surface area contributed by atoms with E-state index in [1.54, 1.807) is 19.1 Å². The number of carbonyl (C=O) groups excluding carboxylic acids is 3. The molecule has 13 heteroatoms. The van der Waals surface area contributed by atoms with Crippen LogP contribution in [0.4, 0.5) is 8.78 Å². The summed E-state index contributed by atoms with van der Waals surface area (Å²) in [7, 11) is 2.75. The van der Waals surface area contributed by atoms with E-state index in [1.807, 2.05) is 0 Å². The molecular formula is C33H34F2O9S2. The van der Waals surface area contributed by atoms with Crippen molar-refractivity contribution in [1.82, 2.24) is 0 Å². The first kappa shape index (κ1) is 34.8. The molecule has 0 aliphatic carbocycles. The minimum atomic E-state index is -1.09. The second-order valence-electron chi connectivity index (χ2n) is 10.9. The minimum absolute atomic E-state index is 0.0396. The minimum Gasteiger partial charge on any atom is -0.493 e. The van der Waals surface area contributed by atoms with Crippen LogP contribution in [0.1, 0.15) is 65.8 Å². The average molecular weight is 677 g/mol. The summed E-state index contributed by atoms with van der Waals surface area (Å²) < 4.78 is 54.0. The first-order valence-corrected chi connectivity index (χ1v) is 16.1. The van der Waals surface area contributed by atoms with E-state index in [4.69, 9.17) is 24.1 Å². The molecule has 2 aromatic heterocycles. The predicted octanol–water partition coefficient (Wildman–Crippen LogP) is 7.74. The highest BCUT2D eigenvalue weighted by Gasteiger charge is 2.24. The van der Waals surface area contributed by atoms with Crippen molar-refractivity contribution < 1.29 is 52.0 Å². The summed E-state index contributed by atoms with van der Waals surface area (Å²) in [6.07, 6.45) is 0.671. The molecule has 4 aromatic rings. The molecule has 0 aliphatic rings. The number of ether oxygens (including phenoxy) is 4. The normalized spacial score (nSPS) is 12.6. The van der Waals surface area contributed by atoms with Gasteiger partial charge in [-0.05, 0) is 31.9 Å². The van der Waals surface area contributed by atoms with Crippen LogP contribution < -0.4 is 18.9 Å². The van der Waals surface area contributed by atoms with Gasteiger partial charge in [-0.3, -0.25) is 19.2 Å². The van der Waals surface area contributed by atoms with E-state index < -0.39 is 35.2 Å². The summed E-state index contributed by atoms with van der Waals surface area (Å²) in [4.78, 5) is 48.5. The number of ketones is 3. The molecule has 0 saturated heterocycles. The van der Waals surface area contributed by atoms with Crippen molar-refractivity contribution in [3.05, 3.63) is 45.7 Å². The lowest BCUT2D eigenvalue weighted by Gasteiger charge is -2.14. The number of benzene rings is 2. The number of halogens is 2. The molecule has 0 bridgehead atoms. The van der Waals surface area contributed by atoms with Crippen molar-refractivity contribution in [3.8, 4) is 23.0 Å². The Balaban J connectivity index is 1.39. The van der Waals surface area contributed by atoms with Crippen LogP contribution in [0.5, 0.6) is 23.0 Å². The summed E-state index contributed by atoms with van der Waals surface area (Å²) in [5.41, 5.74) is 0. The van der Waals surface area contributed by atoms with Crippen molar-refractivity contribution in [1.29, 1.82) is 0 Å². The summed E-state index contributed by atoms with van der Waals surface area (Å²) in [5.74, 6) is -4.37. The Morgan fingerprint density at radius 3 is 1.52 bits per heavy atom. The molecule has 0 unspecified atom stereocenters. The maximum absolute atomic E-state index is 15.5. The topological polar surface area (TPSA) is 125 Å². The molecule has 2 heterocycles. The number of aliphatic carboxylic acids is 1. The molecule has 1 N–H and O–H groups in total. The van der Waals surface area contributed by atoms with Crippen molar-refractivity contribution >= 4 is 66.2 Å². The van der Waals surface area contributed by atoms with Crippen LogP contribution in [0, 0.1) is 23.5 Å². The first-order chi connectivity index (χ1) is 21.9. The fourth-order valence-electron chi connectivity index (χ4n) is 4.59. The van der Waals surface area contributed by atoms with Crippen molar-refractivity contribution in [2.45, 2.75) is 46.5 Å². The van der Waals surface area contributed by atoms with Crippen molar-refractivity contribution in [2.24, 2.45) is 11.8 Å². The van der Waals surface area contributed by atoms with Crippen molar-refractivity contribution in [2.75, 3.05) is 27.4 Å². The van der Waals surface area contributed by atoms with E-state index in [0.29, 0.717) is 27.1 Å². The molecule has 0 aliphatic heterocycles. The maximum Gasteiger partial charge on any atom is 0.306 e. The standard InChI is InChI=1S/C33H34F2O9S2/c1-16(18(3)36)10-21(37)27-12-19-25(45-27)14-23(41-4)31(29(19)34)43-8-6-7-9-44-32-24(42-5)15-26-20(30(32)35)13-28(46-26)22(38)11-17(2)33(39)40/h12-17H,6-11H2,1-5H3,(H,39,40)/t16-,17-/m0/s1. The van der Waals surface area contributed by atoms with Gasteiger partial charge in [-0.2, -0.15) is 0 Å². The molecule has 246 valence electrons. The second kappa shape index (κ2) is 15.0. The summed E-state index contributed by atoms with van der Waals surface area (Å²) >= 11 is 2.17. The predicted molar refractivity (Wildman–Crippen MR) is 171 cm³/mol. The Hall–Kier alpha value is -4.10. The highest BCUT2D eigenvalue weighted by atomic mass is 32.1. The number of thiophene rings is 2. The fraction of sp³-hybridized carbons (Fsp3) is 0.394. The molecule has 2 aromatic carbocycles. The lowest BCUT2D eigenvalue weighted by molar-refractivity contribution is -0.141. The van der Waals surface area contributed by atoms with Gasteiger partial charge in [-0.1, -0.05) is 13.8 Å². The van der Waals surface area contributed by atoms with Crippen LogP contribution in [0.3, 0.4) is 0 Å². The fourth-order valence-corrected chi connectivity index (χ4v) is 6.66. The monoisotopic (exact) mass is 676 g/mol. The Morgan fingerprint density at radius 1 is 0.739 bits per heavy atom.